The van der Waals surface area contributed by atoms with Crippen LogP contribution in [0.15, 0.2) is 48.5 Å². The van der Waals surface area contributed by atoms with E-state index in [2.05, 4.69) is 5.32 Å². The molecule has 0 spiro atoms. The van der Waals surface area contributed by atoms with Crippen LogP contribution in [0.25, 0.3) is 0 Å². The minimum atomic E-state index is -0.261. The van der Waals surface area contributed by atoms with Crippen LogP contribution in [-0.4, -0.2) is 17.6 Å². The van der Waals surface area contributed by atoms with Gasteiger partial charge in [-0.1, -0.05) is 30.3 Å². The fourth-order valence-corrected chi connectivity index (χ4v) is 2.22. The van der Waals surface area contributed by atoms with Crippen molar-refractivity contribution in [1.82, 2.24) is 5.32 Å². The van der Waals surface area contributed by atoms with Crippen LogP contribution in [0.4, 0.5) is 4.39 Å². The number of phenolic OH excluding ortho intramolecular Hbond substituents is 1. The van der Waals surface area contributed by atoms with E-state index in [-0.39, 0.29) is 17.5 Å². The lowest BCUT2D eigenvalue weighted by Crippen LogP contribution is -2.25. The molecule has 2 N–H and O–H groups in total. The number of carbonyl (C=O) groups excluding carboxylic acids is 1. The van der Waals surface area contributed by atoms with Crippen molar-refractivity contribution in [2.75, 3.05) is 6.54 Å². The molecule has 116 valence electrons. The summed E-state index contributed by atoms with van der Waals surface area (Å²) in [5, 5.41) is 12.0. The van der Waals surface area contributed by atoms with Gasteiger partial charge in [-0.15, -0.1) is 0 Å². The van der Waals surface area contributed by atoms with E-state index in [0.29, 0.717) is 24.9 Å². The molecule has 1 amide bonds. The van der Waals surface area contributed by atoms with Gasteiger partial charge >= 0.3 is 0 Å². The number of hydrogen-bond acceptors (Lipinski definition) is 2. The fourth-order valence-electron chi connectivity index (χ4n) is 2.22. The Labute approximate surface area is 129 Å². The molecular formula is C18H20FNO2. The first-order valence-electron chi connectivity index (χ1n) is 7.43. The van der Waals surface area contributed by atoms with Crippen molar-refractivity contribution < 1.29 is 14.3 Å². The molecule has 0 heterocycles. The molecular weight excluding hydrogens is 281 g/mol. The lowest BCUT2D eigenvalue weighted by atomic mass is 10.1. The predicted molar refractivity (Wildman–Crippen MR) is 84.2 cm³/mol. The van der Waals surface area contributed by atoms with E-state index in [0.717, 1.165) is 18.4 Å². The van der Waals surface area contributed by atoms with E-state index in [4.69, 9.17) is 0 Å². The minimum absolute atomic E-state index is 0.0611. The second-order valence-electron chi connectivity index (χ2n) is 5.21. The molecule has 0 radical (unpaired) electrons. The smallest absolute Gasteiger partial charge is 0.220 e. The number of aromatic hydroxyl groups is 1. The highest BCUT2D eigenvalue weighted by Gasteiger charge is 2.05. The van der Waals surface area contributed by atoms with Gasteiger partial charge in [0.2, 0.25) is 5.91 Å². The Balaban J connectivity index is 1.64. The van der Waals surface area contributed by atoms with Crippen molar-refractivity contribution in [3.63, 3.8) is 0 Å². The average molecular weight is 301 g/mol. The van der Waals surface area contributed by atoms with Crippen molar-refractivity contribution in [3.05, 3.63) is 65.5 Å². The molecule has 0 bridgehead atoms. The summed E-state index contributed by atoms with van der Waals surface area (Å²) in [6, 6.07) is 13.6. The summed E-state index contributed by atoms with van der Waals surface area (Å²) in [5.74, 6) is -0.0678. The van der Waals surface area contributed by atoms with Crippen molar-refractivity contribution in [1.29, 1.82) is 0 Å². The van der Waals surface area contributed by atoms with Crippen LogP contribution in [0.1, 0.15) is 24.0 Å². The Morgan fingerprint density at radius 2 is 1.77 bits per heavy atom. The molecule has 0 aliphatic rings. The molecule has 0 atom stereocenters. The third kappa shape index (κ3) is 5.20. The molecule has 3 nitrogen and oxygen atoms in total. The Bertz CT molecular complexity index is 611. The normalized spacial score (nSPS) is 10.4. The van der Waals surface area contributed by atoms with Crippen LogP contribution in [0.3, 0.4) is 0 Å². The zero-order valence-electron chi connectivity index (χ0n) is 12.4. The van der Waals surface area contributed by atoms with Crippen LogP contribution in [0, 0.1) is 5.82 Å². The fraction of sp³-hybridized carbons (Fsp3) is 0.278. The second kappa shape index (κ2) is 8.17. The van der Waals surface area contributed by atoms with Crippen molar-refractivity contribution >= 4 is 5.91 Å². The van der Waals surface area contributed by atoms with Gasteiger partial charge < -0.3 is 10.4 Å². The van der Waals surface area contributed by atoms with Gasteiger partial charge in [0.25, 0.3) is 0 Å². The maximum Gasteiger partial charge on any atom is 0.220 e. The molecule has 0 fully saturated rings. The topological polar surface area (TPSA) is 49.3 Å². The molecule has 22 heavy (non-hydrogen) atoms. The SMILES string of the molecule is O=C(CCc1ccccc1F)NCCCc1ccc(O)cc1. The first-order chi connectivity index (χ1) is 10.6. The van der Waals surface area contributed by atoms with Crippen LogP contribution >= 0.6 is 0 Å². The molecule has 0 saturated heterocycles. The van der Waals surface area contributed by atoms with Gasteiger partial charge in [-0.2, -0.15) is 0 Å². The van der Waals surface area contributed by atoms with Gasteiger partial charge in [0.15, 0.2) is 0 Å². The monoisotopic (exact) mass is 301 g/mol. The summed E-state index contributed by atoms with van der Waals surface area (Å²) in [5.41, 5.74) is 1.69. The number of aryl methyl sites for hydroxylation is 2. The van der Waals surface area contributed by atoms with E-state index in [9.17, 15) is 14.3 Å². The molecule has 2 rings (SSSR count). The summed E-state index contributed by atoms with van der Waals surface area (Å²) < 4.78 is 13.4. The van der Waals surface area contributed by atoms with Gasteiger partial charge in [-0.05, 0) is 48.6 Å². The molecule has 0 unspecified atom stereocenters. The second-order valence-corrected chi connectivity index (χ2v) is 5.21. The Morgan fingerprint density at radius 1 is 1.05 bits per heavy atom. The molecule has 2 aromatic rings. The van der Waals surface area contributed by atoms with E-state index < -0.39 is 0 Å². The highest BCUT2D eigenvalue weighted by atomic mass is 19.1. The number of carbonyl (C=O) groups is 1. The number of phenols is 1. The van der Waals surface area contributed by atoms with E-state index in [1.807, 2.05) is 12.1 Å². The number of amides is 1. The highest BCUT2D eigenvalue weighted by molar-refractivity contribution is 5.76. The summed E-state index contributed by atoms with van der Waals surface area (Å²) in [6.45, 7) is 0.594. The maximum absolute atomic E-state index is 13.4. The van der Waals surface area contributed by atoms with Crippen molar-refractivity contribution in [3.8, 4) is 5.75 Å². The molecule has 0 aliphatic carbocycles. The van der Waals surface area contributed by atoms with E-state index >= 15 is 0 Å². The van der Waals surface area contributed by atoms with Gasteiger partial charge in [0.1, 0.15) is 11.6 Å². The number of hydrogen-bond donors (Lipinski definition) is 2. The number of nitrogens with one attached hydrogen (secondary N) is 1. The summed E-state index contributed by atoms with van der Waals surface area (Å²) in [7, 11) is 0. The van der Waals surface area contributed by atoms with E-state index in [1.54, 1.807) is 30.3 Å². The number of halogens is 1. The Kier molecular flexibility index (Phi) is 5.95. The van der Waals surface area contributed by atoms with Gasteiger partial charge in [0.05, 0.1) is 0 Å². The first-order valence-corrected chi connectivity index (χ1v) is 7.43. The number of benzene rings is 2. The Hall–Kier alpha value is -2.36. The van der Waals surface area contributed by atoms with Crippen molar-refractivity contribution in [2.45, 2.75) is 25.7 Å². The minimum Gasteiger partial charge on any atom is -0.508 e. The standard InChI is InChI=1S/C18H20FNO2/c19-17-6-2-1-5-15(17)9-12-18(22)20-13-3-4-14-7-10-16(21)11-8-14/h1-2,5-8,10-11,21H,3-4,9,12-13H2,(H,20,22). The number of rotatable bonds is 7. The van der Waals surface area contributed by atoms with Gasteiger partial charge in [-0.25, -0.2) is 4.39 Å². The summed E-state index contributed by atoms with van der Waals surface area (Å²) in [6.07, 6.45) is 2.38. The van der Waals surface area contributed by atoms with Crippen LogP contribution < -0.4 is 5.32 Å². The molecule has 0 aliphatic heterocycles. The maximum atomic E-state index is 13.4. The third-order valence-corrected chi connectivity index (χ3v) is 3.48. The highest BCUT2D eigenvalue weighted by Crippen LogP contribution is 2.11. The third-order valence-electron chi connectivity index (χ3n) is 3.48. The Morgan fingerprint density at radius 3 is 2.50 bits per heavy atom. The van der Waals surface area contributed by atoms with E-state index in [1.165, 1.54) is 6.07 Å². The molecule has 2 aromatic carbocycles. The molecule has 0 aromatic heterocycles. The average Bonchev–Trinajstić information content (AvgIpc) is 2.52. The quantitative estimate of drug-likeness (QED) is 0.772. The van der Waals surface area contributed by atoms with Gasteiger partial charge in [-0.3, -0.25) is 4.79 Å². The molecule has 4 heteroatoms. The summed E-state index contributed by atoms with van der Waals surface area (Å²) in [4.78, 5) is 11.7. The zero-order valence-corrected chi connectivity index (χ0v) is 12.4. The largest absolute Gasteiger partial charge is 0.508 e. The lowest BCUT2D eigenvalue weighted by molar-refractivity contribution is -0.121. The van der Waals surface area contributed by atoms with Crippen LogP contribution in [-0.2, 0) is 17.6 Å². The lowest BCUT2D eigenvalue weighted by Gasteiger charge is -2.06. The van der Waals surface area contributed by atoms with Crippen LogP contribution in [0.2, 0.25) is 0 Å². The van der Waals surface area contributed by atoms with Crippen LogP contribution in [0.5, 0.6) is 5.75 Å². The van der Waals surface area contributed by atoms with Crippen molar-refractivity contribution in [2.24, 2.45) is 0 Å². The molecule has 0 saturated carbocycles. The summed E-state index contributed by atoms with van der Waals surface area (Å²) >= 11 is 0. The first kappa shape index (κ1) is 16.0. The van der Waals surface area contributed by atoms with Gasteiger partial charge in [0, 0.05) is 13.0 Å². The zero-order chi connectivity index (χ0) is 15.8. The predicted octanol–water partition coefficient (Wildman–Crippen LogP) is 3.21.